The Morgan fingerprint density at radius 1 is 1.33 bits per heavy atom. The highest BCUT2D eigenvalue weighted by Crippen LogP contribution is 2.20. The number of pyridine rings is 1. The fraction of sp³-hybridized carbons (Fsp3) is 0.278. The van der Waals surface area contributed by atoms with Gasteiger partial charge in [-0.25, -0.2) is 4.98 Å². The predicted molar refractivity (Wildman–Crippen MR) is 88.3 cm³/mol. The predicted octanol–water partition coefficient (Wildman–Crippen LogP) is 1.97. The number of ether oxygens (including phenoxy) is 1. The molecule has 6 heteroatoms. The summed E-state index contributed by atoms with van der Waals surface area (Å²) in [6.45, 7) is 0.851. The molecule has 0 bridgehead atoms. The molecule has 0 saturated carbocycles. The van der Waals surface area contributed by atoms with Crippen LogP contribution in [0, 0.1) is 5.92 Å². The van der Waals surface area contributed by atoms with Gasteiger partial charge in [-0.1, -0.05) is 18.2 Å². The molecule has 3 rings (SSSR count). The Bertz CT molecular complexity index is 733. The van der Waals surface area contributed by atoms with Gasteiger partial charge in [0.15, 0.2) is 0 Å². The van der Waals surface area contributed by atoms with Crippen LogP contribution in [0.15, 0.2) is 48.7 Å². The quantitative estimate of drug-likeness (QED) is 0.912. The highest BCUT2D eigenvalue weighted by molar-refractivity contribution is 5.89. The molecule has 1 aromatic carbocycles. The van der Waals surface area contributed by atoms with E-state index in [1.807, 2.05) is 36.4 Å². The zero-order chi connectivity index (χ0) is 16.9. The highest BCUT2D eigenvalue weighted by Gasteiger charge is 2.31. The summed E-state index contributed by atoms with van der Waals surface area (Å²) in [5.74, 6) is 0.819. The average molecular weight is 325 g/mol. The van der Waals surface area contributed by atoms with Crippen LogP contribution in [0.2, 0.25) is 0 Å². The van der Waals surface area contributed by atoms with E-state index in [4.69, 9.17) is 4.74 Å². The third-order valence-electron chi connectivity index (χ3n) is 3.94. The molecule has 6 nitrogen and oxygen atoms in total. The lowest BCUT2D eigenvalue weighted by molar-refractivity contribution is -0.128. The van der Waals surface area contributed by atoms with E-state index in [9.17, 15) is 9.59 Å². The van der Waals surface area contributed by atoms with Crippen molar-refractivity contribution < 1.29 is 14.3 Å². The molecule has 124 valence electrons. The van der Waals surface area contributed by atoms with E-state index < -0.39 is 0 Å². The van der Waals surface area contributed by atoms with Crippen LogP contribution in [-0.4, -0.2) is 35.3 Å². The lowest BCUT2D eigenvalue weighted by atomic mass is 10.1. The van der Waals surface area contributed by atoms with Crippen LogP contribution < -0.4 is 10.1 Å². The molecule has 2 aromatic rings. The largest absolute Gasteiger partial charge is 0.439 e. The summed E-state index contributed by atoms with van der Waals surface area (Å²) in [4.78, 5) is 29.4. The lowest BCUT2D eigenvalue weighted by Gasteiger charge is -2.11. The Hall–Kier alpha value is -2.89. The van der Waals surface area contributed by atoms with Gasteiger partial charge in [0.1, 0.15) is 5.75 Å². The number of carbonyl (C=O) groups excluding carboxylic acids is 2. The Kier molecular flexibility index (Phi) is 4.74. The molecule has 0 aliphatic carbocycles. The van der Waals surface area contributed by atoms with Gasteiger partial charge in [-0.15, -0.1) is 0 Å². The molecule has 1 aliphatic heterocycles. The van der Waals surface area contributed by atoms with Crippen molar-refractivity contribution in [2.24, 2.45) is 5.92 Å². The SMILES string of the molecule is CN1C[C@@H](C(=O)NCc2ccnc(Oc3ccccc3)c2)CC1=O. The first-order valence-electron chi connectivity index (χ1n) is 7.81. The van der Waals surface area contributed by atoms with Gasteiger partial charge in [-0.3, -0.25) is 9.59 Å². The molecule has 1 fully saturated rings. The van der Waals surface area contributed by atoms with Crippen molar-refractivity contribution in [2.75, 3.05) is 13.6 Å². The Morgan fingerprint density at radius 3 is 2.83 bits per heavy atom. The van der Waals surface area contributed by atoms with Crippen molar-refractivity contribution in [2.45, 2.75) is 13.0 Å². The number of benzene rings is 1. The minimum Gasteiger partial charge on any atom is -0.439 e. The van der Waals surface area contributed by atoms with Crippen molar-refractivity contribution >= 4 is 11.8 Å². The van der Waals surface area contributed by atoms with Gasteiger partial charge in [-0.2, -0.15) is 0 Å². The second kappa shape index (κ2) is 7.12. The van der Waals surface area contributed by atoms with E-state index in [2.05, 4.69) is 10.3 Å². The molecule has 1 aromatic heterocycles. The first-order valence-corrected chi connectivity index (χ1v) is 7.81. The summed E-state index contributed by atoms with van der Waals surface area (Å²) < 4.78 is 5.68. The van der Waals surface area contributed by atoms with E-state index >= 15 is 0 Å². The smallest absolute Gasteiger partial charge is 0.225 e. The van der Waals surface area contributed by atoms with Gasteiger partial charge in [-0.05, 0) is 23.8 Å². The van der Waals surface area contributed by atoms with Crippen LogP contribution in [0.3, 0.4) is 0 Å². The Morgan fingerprint density at radius 2 is 2.12 bits per heavy atom. The second-order valence-corrected chi connectivity index (χ2v) is 5.81. The third-order valence-corrected chi connectivity index (χ3v) is 3.94. The van der Waals surface area contributed by atoms with Crippen LogP contribution in [-0.2, 0) is 16.1 Å². The van der Waals surface area contributed by atoms with Crippen LogP contribution in [0.25, 0.3) is 0 Å². The molecule has 2 heterocycles. The number of carbonyl (C=O) groups is 2. The van der Waals surface area contributed by atoms with E-state index in [1.54, 1.807) is 24.2 Å². The van der Waals surface area contributed by atoms with Crippen molar-refractivity contribution in [1.82, 2.24) is 15.2 Å². The highest BCUT2D eigenvalue weighted by atomic mass is 16.5. The van der Waals surface area contributed by atoms with Crippen LogP contribution in [0.1, 0.15) is 12.0 Å². The third kappa shape index (κ3) is 3.90. The maximum atomic E-state index is 12.1. The van der Waals surface area contributed by atoms with E-state index in [0.29, 0.717) is 24.7 Å². The number of aromatic nitrogens is 1. The summed E-state index contributed by atoms with van der Waals surface area (Å²) >= 11 is 0. The molecule has 24 heavy (non-hydrogen) atoms. The lowest BCUT2D eigenvalue weighted by Crippen LogP contribution is -2.31. The summed E-state index contributed by atoms with van der Waals surface area (Å²) in [5.41, 5.74) is 0.891. The second-order valence-electron chi connectivity index (χ2n) is 5.81. The summed E-state index contributed by atoms with van der Waals surface area (Å²) in [6, 6.07) is 13.0. The Balaban J connectivity index is 1.57. The molecule has 0 unspecified atom stereocenters. The summed E-state index contributed by atoms with van der Waals surface area (Å²) in [5, 5.41) is 2.87. The van der Waals surface area contributed by atoms with Crippen molar-refractivity contribution in [3.05, 3.63) is 54.2 Å². The van der Waals surface area contributed by atoms with E-state index in [-0.39, 0.29) is 24.2 Å². The van der Waals surface area contributed by atoms with Crippen molar-refractivity contribution in [1.29, 1.82) is 0 Å². The van der Waals surface area contributed by atoms with Gasteiger partial charge in [0, 0.05) is 38.8 Å². The fourth-order valence-electron chi connectivity index (χ4n) is 2.60. The van der Waals surface area contributed by atoms with E-state index in [0.717, 1.165) is 5.56 Å². The number of likely N-dealkylation sites (tertiary alicyclic amines) is 1. The molecule has 0 radical (unpaired) electrons. The van der Waals surface area contributed by atoms with Gasteiger partial charge < -0.3 is 15.0 Å². The maximum Gasteiger partial charge on any atom is 0.225 e. The normalized spacial score (nSPS) is 17.0. The number of hydrogen-bond donors (Lipinski definition) is 1. The van der Waals surface area contributed by atoms with Gasteiger partial charge in [0.05, 0.1) is 5.92 Å². The first kappa shape index (κ1) is 16.0. The zero-order valence-corrected chi connectivity index (χ0v) is 13.4. The minimum absolute atomic E-state index is 0.0117. The van der Waals surface area contributed by atoms with Crippen LogP contribution >= 0.6 is 0 Å². The van der Waals surface area contributed by atoms with E-state index in [1.165, 1.54) is 0 Å². The van der Waals surface area contributed by atoms with Crippen molar-refractivity contribution in [3.63, 3.8) is 0 Å². The molecule has 1 atom stereocenters. The van der Waals surface area contributed by atoms with Crippen LogP contribution in [0.4, 0.5) is 0 Å². The molecule has 1 aliphatic rings. The fourth-order valence-corrected chi connectivity index (χ4v) is 2.60. The van der Waals surface area contributed by atoms with Crippen LogP contribution in [0.5, 0.6) is 11.6 Å². The van der Waals surface area contributed by atoms with Gasteiger partial charge in [0.2, 0.25) is 17.7 Å². The summed E-state index contributed by atoms with van der Waals surface area (Å²) in [6.07, 6.45) is 1.92. The van der Waals surface area contributed by atoms with Gasteiger partial charge >= 0.3 is 0 Å². The number of nitrogens with one attached hydrogen (secondary N) is 1. The monoisotopic (exact) mass is 325 g/mol. The standard InChI is InChI=1S/C18H19N3O3/c1-21-12-14(10-17(21)22)18(23)20-11-13-7-8-19-16(9-13)24-15-5-3-2-4-6-15/h2-9,14H,10-12H2,1H3,(H,20,23)/t14-/m0/s1. The zero-order valence-electron chi connectivity index (χ0n) is 13.4. The number of nitrogens with zero attached hydrogens (tertiary/aromatic N) is 2. The maximum absolute atomic E-state index is 12.1. The minimum atomic E-state index is -0.274. The molecule has 1 saturated heterocycles. The molecule has 1 N–H and O–H groups in total. The topological polar surface area (TPSA) is 71.5 Å². The average Bonchev–Trinajstić information content (AvgIpc) is 2.93. The molecule has 0 spiro atoms. The number of para-hydroxylation sites is 1. The summed E-state index contributed by atoms with van der Waals surface area (Å²) in [7, 11) is 1.71. The van der Waals surface area contributed by atoms with Gasteiger partial charge in [0.25, 0.3) is 0 Å². The van der Waals surface area contributed by atoms with Crippen molar-refractivity contribution in [3.8, 4) is 11.6 Å². The number of hydrogen-bond acceptors (Lipinski definition) is 4. The number of rotatable bonds is 5. The molecule has 2 amide bonds. The first-order chi connectivity index (χ1) is 11.6. The molecular weight excluding hydrogens is 306 g/mol. The molecular formula is C18H19N3O3. The Labute approximate surface area is 140 Å². The number of amides is 2.